The number of benzene rings is 6. The molecule has 0 amide bonds. The van der Waals surface area contributed by atoms with E-state index in [1.165, 1.54) is 0 Å². The summed E-state index contributed by atoms with van der Waals surface area (Å²) < 4.78 is 55.1. The van der Waals surface area contributed by atoms with Crippen LogP contribution in [-0.2, 0) is 0 Å². The highest BCUT2D eigenvalue weighted by Crippen LogP contribution is 2.60. The fourth-order valence-electron chi connectivity index (χ4n) is 4.56. The second kappa shape index (κ2) is 19.2. The monoisotopic (exact) mass is 749 g/mol. The van der Waals surface area contributed by atoms with Gasteiger partial charge in [0, 0.05) is 0 Å². The highest BCUT2D eigenvalue weighted by atomic mass is 31.2. The van der Waals surface area contributed by atoms with E-state index in [4.69, 9.17) is 41.4 Å². The van der Waals surface area contributed by atoms with E-state index in [0.29, 0.717) is 41.0 Å². The Bertz CT molecular complexity index is 1970. The summed E-state index contributed by atoms with van der Waals surface area (Å²) in [7, 11) is -7.60. The van der Waals surface area contributed by atoms with Crippen LogP contribution in [0.15, 0.2) is 196 Å². The smallest absolute Gasteiger partial charge is 0.487 e. The SMILES string of the molecule is CCN=[P+](Oc1ccccc1)C(COc1ccccc1)N=P(N=[P+](Oc1ccccc1)Oc1ccccc1)(Oc1ccccc1)Oc1ccccc1. The first kappa shape index (κ1) is 36.3. The Morgan fingerprint density at radius 3 is 1.25 bits per heavy atom. The summed E-state index contributed by atoms with van der Waals surface area (Å²) in [4.78, 5) is 0. The molecule has 6 rings (SSSR count). The zero-order valence-corrected chi connectivity index (χ0v) is 31.1. The second-order valence-electron chi connectivity index (χ2n) is 10.8. The summed E-state index contributed by atoms with van der Waals surface area (Å²) in [6, 6.07) is 56.5. The van der Waals surface area contributed by atoms with Crippen molar-refractivity contribution in [2.24, 2.45) is 14.0 Å². The van der Waals surface area contributed by atoms with Gasteiger partial charge >= 0.3 is 29.5 Å². The molecule has 0 aliphatic carbocycles. The van der Waals surface area contributed by atoms with E-state index in [1.54, 1.807) is 0 Å². The van der Waals surface area contributed by atoms with Crippen LogP contribution >= 0.6 is 23.8 Å². The zero-order valence-electron chi connectivity index (χ0n) is 28.4. The molecule has 2 unspecified atom stereocenters. The summed E-state index contributed by atoms with van der Waals surface area (Å²) >= 11 is 0. The number of rotatable bonds is 17. The van der Waals surface area contributed by atoms with Crippen LogP contribution in [0.2, 0.25) is 0 Å². The second-order valence-corrected chi connectivity index (χ2v) is 15.6. The van der Waals surface area contributed by atoms with Crippen LogP contribution in [0, 0.1) is 0 Å². The van der Waals surface area contributed by atoms with Gasteiger partial charge in [0.1, 0.15) is 17.2 Å². The highest BCUT2D eigenvalue weighted by molar-refractivity contribution is 7.62. The average Bonchev–Trinajstić information content (AvgIpc) is 3.19. The van der Waals surface area contributed by atoms with Crippen molar-refractivity contribution in [3.05, 3.63) is 182 Å². The summed E-state index contributed by atoms with van der Waals surface area (Å²) in [5.41, 5.74) is 0. The molecule has 262 valence electrons. The van der Waals surface area contributed by atoms with E-state index in [9.17, 15) is 0 Å². The van der Waals surface area contributed by atoms with Gasteiger partial charge in [-0.2, -0.15) is 0 Å². The molecule has 0 saturated carbocycles. The zero-order chi connectivity index (χ0) is 35.7. The lowest BCUT2D eigenvalue weighted by atomic mass is 10.3. The summed E-state index contributed by atoms with van der Waals surface area (Å²) in [5, 5.41) is 0. The van der Waals surface area contributed by atoms with Crippen molar-refractivity contribution in [2.75, 3.05) is 13.2 Å². The van der Waals surface area contributed by atoms with Crippen molar-refractivity contribution in [3.63, 3.8) is 0 Å². The molecule has 6 aromatic carbocycles. The summed E-state index contributed by atoms with van der Waals surface area (Å²) in [6.45, 7) is 2.54. The lowest BCUT2D eigenvalue weighted by Gasteiger charge is -2.20. The third kappa shape index (κ3) is 11.3. The molecule has 9 nitrogen and oxygen atoms in total. The maximum atomic E-state index is 6.84. The Labute approximate surface area is 306 Å². The highest BCUT2D eigenvalue weighted by Gasteiger charge is 2.43. The largest absolute Gasteiger partial charge is 0.679 e. The minimum absolute atomic E-state index is 0.0939. The molecule has 0 bridgehead atoms. The van der Waals surface area contributed by atoms with Gasteiger partial charge in [0.25, 0.3) is 0 Å². The van der Waals surface area contributed by atoms with Crippen LogP contribution in [0.1, 0.15) is 6.92 Å². The van der Waals surface area contributed by atoms with Crippen molar-refractivity contribution in [3.8, 4) is 34.5 Å². The third-order valence-corrected chi connectivity index (χ3v) is 12.5. The van der Waals surface area contributed by atoms with Gasteiger partial charge in [-0.05, 0) is 79.7 Å². The molecule has 0 aliphatic heterocycles. The first-order chi connectivity index (χ1) is 25.7. The molecule has 0 heterocycles. The maximum Gasteiger partial charge on any atom is 0.679 e. The number of nitrogens with zero attached hydrogens (tertiary/aromatic N) is 3. The molecule has 0 fully saturated rings. The molecule has 12 heteroatoms. The van der Waals surface area contributed by atoms with Gasteiger partial charge in [-0.25, -0.2) is 9.05 Å². The Hall–Kier alpha value is -5.45. The van der Waals surface area contributed by atoms with E-state index in [0.717, 1.165) is 0 Å². The summed E-state index contributed by atoms with van der Waals surface area (Å²) in [6.07, 6.45) is 0. The fourth-order valence-corrected chi connectivity index (χ4v) is 9.97. The molecular formula is C40H38N3O6P3+2. The number of para-hydroxylation sites is 6. The molecule has 2 atom stereocenters. The standard InChI is InChI=1S/C40H38N3O6P3/c1-2-41-50(45-35-23-11-4-12-24-35)40(33-44-34-21-9-3-10-22-34)42-52(48-38-29-17-7-18-30-38,49-39-31-19-8-20-32-39)43-51(46-36-25-13-5-14-26-36)47-37-27-15-6-16-28-37/h3-32,40H,2,33H2,1H3/q+2. The van der Waals surface area contributed by atoms with E-state index in [1.807, 2.05) is 189 Å². The number of ether oxygens (including phenoxy) is 1. The molecule has 0 spiro atoms. The van der Waals surface area contributed by atoms with Crippen LogP contribution in [0.3, 0.4) is 0 Å². The molecule has 6 aromatic rings. The predicted octanol–water partition coefficient (Wildman–Crippen LogP) is 12.8. The van der Waals surface area contributed by atoms with Crippen molar-refractivity contribution in [1.29, 1.82) is 0 Å². The van der Waals surface area contributed by atoms with Gasteiger partial charge in [-0.1, -0.05) is 114 Å². The van der Waals surface area contributed by atoms with Crippen LogP contribution in [0.5, 0.6) is 34.5 Å². The van der Waals surface area contributed by atoms with Crippen LogP contribution in [0.4, 0.5) is 0 Å². The van der Waals surface area contributed by atoms with E-state index in [2.05, 4.69) is 0 Å². The van der Waals surface area contributed by atoms with E-state index < -0.39 is 29.5 Å². The lowest BCUT2D eigenvalue weighted by Crippen LogP contribution is -2.16. The maximum absolute atomic E-state index is 6.84. The predicted molar refractivity (Wildman–Crippen MR) is 210 cm³/mol. The van der Waals surface area contributed by atoms with E-state index in [-0.39, 0.29) is 6.61 Å². The van der Waals surface area contributed by atoms with Gasteiger partial charge in [0.2, 0.25) is 0 Å². The molecule has 0 aliphatic rings. The molecular weight excluding hydrogens is 711 g/mol. The lowest BCUT2D eigenvalue weighted by molar-refractivity contribution is 0.313. The van der Waals surface area contributed by atoms with Gasteiger partial charge in [-0.15, -0.1) is 4.74 Å². The molecule has 0 N–H and O–H groups in total. The third-order valence-electron chi connectivity index (χ3n) is 6.87. The Morgan fingerprint density at radius 2 is 0.846 bits per heavy atom. The van der Waals surface area contributed by atoms with Crippen molar-refractivity contribution >= 4 is 23.8 Å². The topological polar surface area (TPSA) is 92.5 Å². The van der Waals surface area contributed by atoms with Gasteiger partial charge < -0.3 is 13.8 Å². The first-order valence-corrected chi connectivity index (χ1v) is 20.6. The Kier molecular flexibility index (Phi) is 13.4. The average molecular weight is 750 g/mol. The van der Waals surface area contributed by atoms with Crippen molar-refractivity contribution in [1.82, 2.24) is 0 Å². The fraction of sp³-hybridized carbons (Fsp3) is 0.100. The molecule has 52 heavy (non-hydrogen) atoms. The van der Waals surface area contributed by atoms with Crippen LogP contribution in [-0.4, -0.2) is 18.9 Å². The van der Waals surface area contributed by atoms with Gasteiger partial charge in [0.05, 0.1) is 11.1 Å². The summed E-state index contributed by atoms with van der Waals surface area (Å²) in [5.74, 6) is 2.72. The van der Waals surface area contributed by atoms with Gasteiger partial charge in [0.15, 0.2) is 23.9 Å². The Balaban J connectivity index is 1.57. The van der Waals surface area contributed by atoms with Crippen LogP contribution in [0.25, 0.3) is 0 Å². The minimum Gasteiger partial charge on any atom is -0.487 e. The van der Waals surface area contributed by atoms with Crippen molar-refractivity contribution in [2.45, 2.75) is 12.7 Å². The quantitative estimate of drug-likeness (QED) is 0.0862. The Morgan fingerprint density at radius 1 is 0.481 bits per heavy atom. The molecule has 0 radical (unpaired) electrons. The van der Waals surface area contributed by atoms with Crippen molar-refractivity contribution < 1.29 is 27.4 Å². The number of hydrogen-bond donors (Lipinski definition) is 0. The molecule has 0 aromatic heterocycles. The van der Waals surface area contributed by atoms with E-state index >= 15 is 0 Å². The molecule has 0 saturated heterocycles. The van der Waals surface area contributed by atoms with Crippen LogP contribution < -0.4 is 27.4 Å². The number of hydrogen-bond acceptors (Lipinski definition) is 8. The van der Waals surface area contributed by atoms with Gasteiger partial charge in [-0.3, -0.25) is 4.52 Å². The first-order valence-electron chi connectivity index (χ1n) is 16.6. The normalized spacial score (nSPS) is 11.8. The minimum atomic E-state index is -3.80.